The number of H-pyrrole nitrogens is 1. The molecule has 0 atom stereocenters. The topological polar surface area (TPSA) is 52.0 Å². The molecular formula is C23H26FN3O. The van der Waals surface area contributed by atoms with E-state index in [0.29, 0.717) is 12.2 Å². The van der Waals surface area contributed by atoms with Crippen molar-refractivity contribution in [3.05, 3.63) is 53.3 Å². The summed E-state index contributed by atoms with van der Waals surface area (Å²) in [5.74, 6) is 0.826. The molecule has 0 aliphatic rings. The minimum Gasteiger partial charge on any atom is -0.491 e. The molecule has 0 unspecified atom stereocenters. The fourth-order valence-electron chi connectivity index (χ4n) is 3.40. The first-order chi connectivity index (χ1) is 13.5. The van der Waals surface area contributed by atoms with E-state index in [1.165, 1.54) is 6.07 Å². The third-order valence-electron chi connectivity index (χ3n) is 4.87. The van der Waals surface area contributed by atoms with Crippen LogP contribution in [0, 0.1) is 24.1 Å². The van der Waals surface area contributed by atoms with E-state index in [0.717, 1.165) is 40.8 Å². The summed E-state index contributed by atoms with van der Waals surface area (Å²) >= 11 is 0. The molecule has 0 aliphatic heterocycles. The summed E-state index contributed by atoms with van der Waals surface area (Å²) in [5, 5.41) is 10.2. The van der Waals surface area contributed by atoms with Crippen LogP contribution in [0.15, 0.2) is 36.4 Å². The van der Waals surface area contributed by atoms with Gasteiger partial charge in [-0.2, -0.15) is 5.26 Å². The Morgan fingerprint density at radius 1 is 1.21 bits per heavy atom. The second-order valence-corrected chi connectivity index (χ2v) is 7.25. The highest BCUT2D eigenvalue weighted by atomic mass is 19.1. The Hall–Kier alpha value is -3.00. The number of anilines is 2. The zero-order chi connectivity index (χ0) is 20.3. The number of hydrogen-bond acceptors (Lipinski definition) is 3. The maximum Gasteiger partial charge on any atom is 0.167 e. The van der Waals surface area contributed by atoms with Gasteiger partial charge < -0.3 is 14.6 Å². The summed E-state index contributed by atoms with van der Waals surface area (Å²) in [6.07, 6.45) is 1.91. The number of aromatic amines is 1. The van der Waals surface area contributed by atoms with Gasteiger partial charge >= 0.3 is 0 Å². The Labute approximate surface area is 165 Å². The second-order valence-electron chi connectivity index (χ2n) is 7.25. The Balaban J connectivity index is 2.00. The number of aryl methyl sites for hydroxylation is 1. The SMILES string of the molecule is CCCCOc1ccc(N(c2[nH]c3cc(C#N)ccc3c2C)C(C)C)cc1F. The molecule has 3 aromatic rings. The molecule has 0 bridgehead atoms. The lowest BCUT2D eigenvalue weighted by molar-refractivity contribution is 0.294. The van der Waals surface area contributed by atoms with Gasteiger partial charge in [0.25, 0.3) is 0 Å². The minimum absolute atomic E-state index is 0.105. The van der Waals surface area contributed by atoms with Crippen LogP contribution in [-0.4, -0.2) is 17.6 Å². The average Bonchev–Trinajstić information content (AvgIpc) is 2.99. The lowest BCUT2D eigenvalue weighted by Gasteiger charge is -2.29. The summed E-state index contributed by atoms with van der Waals surface area (Å²) in [6, 6.07) is 13.0. The minimum atomic E-state index is -0.361. The molecule has 0 fully saturated rings. The number of nitriles is 1. The fourth-order valence-corrected chi connectivity index (χ4v) is 3.40. The van der Waals surface area contributed by atoms with Crippen LogP contribution >= 0.6 is 0 Å². The van der Waals surface area contributed by atoms with E-state index in [-0.39, 0.29) is 17.6 Å². The van der Waals surface area contributed by atoms with E-state index < -0.39 is 0 Å². The molecule has 4 nitrogen and oxygen atoms in total. The first kappa shape index (κ1) is 19.8. The predicted octanol–water partition coefficient (Wildman–Crippen LogP) is 6.21. The van der Waals surface area contributed by atoms with Crippen LogP contribution in [0.1, 0.15) is 44.7 Å². The quantitative estimate of drug-likeness (QED) is 0.496. The van der Waals surface area contributed by atoms with Crippen LogP contribution in [0.3, 0.4) is 0 Å². The van der Waals surface area contributed by atoms with E-state index in [2.05, 4.69) is 36.7 Å². The smallest absolute Gasteiger partial charge is 0.167 e. The van der Waals surface area contributed by atoms with Gasteiger partial charge in [0.05, 0.1) is 18.2 Å². The molecule has 0 radical (unpaired) electrons. The molecule has 5 heteroatoms. The normalized spacial score (nSPS) is 11.0. The molecular weight excluding hydrogens is 353 g/mol. The maximum atomic E-state index is 14.6. The number of unbranched alkanes of at least 4 members (excludes halogenated alkanes) is 1. The van der Waals surface area contributed by atoms with Crippen molar-refractivity contribution in [1.82, 2.24) is 4.98 Å². The van der Waals surface area contributed by atoms with Gasteiger partial charge in [0, 0.05) is 28.7 Å². The second kappa shape index (κ2) is 8.35. The fraction of sp³-hybridized carbons (Fsp3) is 0.348. The first-order valence-electron chi connectivity index (χ1n) is 9.70. The van der Waals surface area contributed by atoms with Gasteiger partial charge in [-0.05, 0) is 57.0 Å². The molecule has 1 aromatic heterocycles. The van der Waals surface area contributed by atoms with Crippen molar-refractivity contribution in [1.29, 1.82) is 5.26 Å². The van der Waals surface area contributed by atoms with Crippen molar-refractivity contribution in [3.63, 3.8) is 0 Å². The number of fused-ring (bicyclic) bond motifs is 1. The van der Waals surface area contributed by atoms with Gasteiger partial charge in [0.2, 0.25) is 0 Å². The molecule has 0 amide bonds. The van der Waals surface area contributed by atoms with Crippen LogP contribution in [0.2, 0.25) is 0 Å². The van der Waals surface area contributed by atoms with Gasteiger partial charge in [-0.1, -0.05) is 19.4 Å². The lowest BCUT2D eigenvalue weighted by atomic mass is 10.1. The van der Waals surface area contributed by atoms with Crippen LogP contribution < -0.4 is 9.64 Å². The third kappa shape index (κ3) is 3.82. The van der Waals surface area contributed by atoms with E-state index in [4.69, 9.17) is 10.00 Å². The molecule has 0 aliphatic carbocycles. The first-order valence-corrected chi connectivity index (χ1v) is 9.70. The standard InChI is InChI=1S/C23H26FN3O/c1-5-6-11-28-22-10-8-18(13-20(22)24)27(15(2)3)23-16(4)19-9-7-17(14-25)12-21(19)26-23/h7-10,12-13,15,26H,5-6,11H2,1-4H3. The van der Waals surface area contributed by atoms with Crippen LogP contribution in [0.4, 0.5) is 15.9 Å². The number of ether oxygens (including phenoxy) is 1. The van der Waals surface area contributed by atoms with Crippen LogP contribution in [-0.2, 0) is 0 Å². The van der Waals surface area contributed by atoms with Crippen molar-refractivity contribution in [2.24, 2.45) is 0 Å². The zero-order valence-corrected chi connectivity index (χ0v) is 16.8. The highest BCUT2D eigenvalue weighted by Crippen LogP contribution is 2.36. The average molecular weight is 379 g/mol. The lowest BCUT2D eigenvalue weighted by Crippen LogP contribution is -2.26. The Morgan fingerprint density at radius 3 is 2.64 bits per heavy atom. The molecule has 2 aromatic carbocycles. The van der Waals surface area contributed by atoms with Crippen molar-refractivity contribution in [2.45, 2.75) is 46.6 Å². The summed E-state index contributed by atoms with van der Waals surface area (Å²) in [7, 11) is 0. The van der Waals surface area contributed by atoms with Crippen molar-refractivity contribution < 1.29 is 9.13 Å². The third-order valence-corrected chi connectivity index (χ3v) is 4.87. The van der Waals surface area contributed by atoms with Crippen molar-refractivity contribution in [3.8, 4) is 11.8 Å². The number of rotatable bonds is 7. The maximum absolute atomic E-state index is 14.6. The van der Waals surface area contributed by atoms with E-state index >= 15 is 0 Å². The largest absolute Gasteiger partial charge is 0.491 e. The van der Waals surface area contributed by atoms with Crippen LogP contribution in [0.25, 0.3) is 10.9 Å². The summed E-state index contributed by atoms with van der Waals surface area (Å²) < 4.78 is 20.2. The van der Waals surface area contributed by atoms with Gasteiger partial charge in [0.1, 0.15) is 5.82 Å². The van der Waals surface area contributed by atoms with Gasteiger partial charge in [-0.3, -0.25) is 0 Å². The van der Waals surface area contributed by atoms with E-state index in [1.54, 1.807) is 6.07 Å². The number of nitrogens with zero attached hydrogens (tertiary/aromatic N) is 2. The Bertz CT molecular complexity index is 1020. The Morgan fingerprint density at radius 2 is 2.00 bits per heavy atom. The number of nitrogens with one attached hydrogen (secondary N) is 1. The van der Waals surface area contributed by atoms with Crippen molar-refractivity contribution in [2.75, 3.05) is 11.5 Å². The summed E-state index contributed by atoms with van der Waals surface area (Å²) in [5.41, 5.74) is 3.33. The van der Waals surface area contributed by atoms with Gasteiger partial charge in [0.15, 0.2) is 11.6 Å². The molecule has 1 heterocycles. The highest BCUT2D eigenvalue weighted by molar-refractivity contribution is 5.91. The summed E-state index contributed by atoms with van der Waals surface area (Å²) in [4.78, 5) is 5.49. The number of benzene rings is 2. The predicted molar refractivity (Wildman–Crippen MR) is 112 cm³/mol. The molecule has 3 rings (SSSR count). The van der Waals surface area contributed by atoms with Crippen LogP contribution in [0.5, 0.6) is 5.75 Å². The molecule has 146 valence electrons. The molecule has 0 saturated carbocycles. The molecule has 1 N–H and O–H groups in total. The number of aromatic nitrogens is 1. The van der Waals surface area contributed by atoms with E-state index in [1.807, 2.05) is 31.2 Å². The number of hydrogen-bond donors (Lipinski definition) is 1. The summed E-state index contributed by atoms with van der Waals surface area (Å²) in [6.45, 7) is 8.76. The zero-order valence-electron chi connectivity index (χ0n) is 16.8. The monoisotopic (exact) mass is 379 g/mol. The van der Waals surface area contributed by atoms with Gasteiger partial charge in [-0.25, -0.2) is 4.39 Å². The van der Waals surface area contributed by atoms with E-state index in [9.17, 15) is 4.39 Å². The molecule has 28 heavy (non-hydrogen) atoms. The molecule has 0 spiro atoms. The highest BCUT2D eigenvalue weighted by Gasteiger charge is 2.20. The molecule has 0 saturated heterocycles. The Kier molecular flexibility index (Phi) is 5.89. The number of halogens is 1. The van der Waals surface area contributed by atoms with Gasteiger partial charge in [-0.15, -0.1) is 0 Å². The van der Waals surface area contributed by atoms with Crippen molar-refractivity contribution >= 4 is 22.4 Å².